The Hall–Kier alpha value is -1.68. The Morgan fingerprint density at radius 1 is 1.10 bits per heavy atom. The Morgan fingerprint density at radius 2 is 1.70 bits per heavy atom. The van der Waals surface area contributed by atoms with Crippen molar-refractivity contribution in [3.05, 3.63) is 61.8 Å². The Kier molecular flexibility index (Phi) is 4.55. The Bertz CT molecular complexity index is 696. The van der Waals surface area contributed by atoms with Crippen molar-refractivity contribution in [1.29, 1.82) is 0 Å². The van der Waals surface area contributed by atoms with Gasteiger partial charge in [0.1, 0.15) is 0 Å². The van der Waals surface area contributed by atoms with E-state index in [1.807, 2.05) is 6.92 Å². The van der Waals surface area contributed by atoms with Gasteiger partial charge in [-0.2, -0.15) is 0 Å². The van der Waals surface area contributed by atoms with Gasteiger partial charge in [0.2, 0.25) is 0 Å². The van der Waals surface area contributed by atoms with Crippen molar-refractivity contribution in [3.63, 3.8) is 0 Å². The van der Waals surface area contributed by atoms with Crippen LogP contribution in [0.1, 0.15) is 36.2 Å². The molecule has 0 fully saturated rings. The van der Waals surface area contributed by atoms with Crippen LogP contribution in [-0.2, 0) is 12.8 Å². The Balaban J connectivity index is 2.23. The molecule has 2 aromatic rings. The van der Waals surface area contributed by atoms with E-state index in [9.17, 15) is 4.79 Å². The molecule has 20 heavy (non-hydrogen) atoms. The first-order chi connectivity index (χ1) is 9.45. The fourth-order valence-corrected chi connectivity index (χ4v) is 2.55. The third kappa shape index (κ3) is 3.67. The smallest absolute Gasteiger partial charge is 0.255 e. The van der Waals surface area contributed by atoms with E-state index in [0.717, 1.165) is 23.2 Å². The van der Waals surface area contributed by atoms with E-state index < -0.39 is 0 Å². The quantitative estimate of drug-likeness (QED) is 0.846. The van der Waals surface area contributed by atoms with E-state index in [-0.39, 0.29) is 5.56 Å². The maximum absolute atomic E-state index is 11.9. The maximum Gasteiger partial charge on any atom is 0.255 e. The van der Waals surface area contributed by atoms with E-state index in [1.165, 1.54) is 5.56 Å². The number of hydrogen-bond donors (Lipinski definition) is 2. The van der Waals surface area contributed by atoms with Crippen LogP contribution in [0.2, 0.25) is 0 Å². The zero-order valence-corrected chi connectivity index (χ0v) is 12.9. The van der Waals surface area contributed by atoms with Crippen molar-refractivity contribution in [2.24, 2.45) is 5.92 Å². The highest BCUT2D eigenvalue weighted by Gasteiger charge is 2.06. The van der Waals surface area contributed by atoms with Crippen molar-refractivity contribution < 1.29 is 0 Å². The number of aromatic nitrogens is 2. The highest BCUT2D eigenvalue weighted by atomic mass is 32.1. The van der Waals surface area contributed by atoms with Crippen LogP contribution >= 0.6 is 12.2 Å². The standard InChI is InChI=1S/C16H20N2OS/c1-10(2)8-12-4-6-13(7-5-12)9-14-11(3)17-16(20)18-15(14)19/h4-7,10H,8-9H2,1-3H3,(H2,17,18,19,20). The van der Waals surface area contributed by atoms with Gasteiger partial charge in [0.15, 0.2) is 4.77 Å². The second-order valence-electron chi connectivity index (χ2n) is 5.60. The van der Waals surface area contributed by atoms with Gasteiger partial charge >= 0.3 is 0 Å². The Morgan fingerprint density at radius 3 is 2.25 bits per heavy atom. The molecule has 0 saturated heterocycles. The minimum absolute atomic E-state index is 0.0995. The molecule has 0 aliphatic carbocycles. The molecule has 1 aromatic carbocycles. The molecule has 2 N–H and O–H groups in total. The lowest BCUT2D eigenvalue weighted by molar-refractivity contribution is 0.647. The predicted molar refractivity (Wildman–Crippen MR) is 84.8 cm³/mol. The lowest BCUT2D eigenvalue weighted by atomic mass is 9.99. The van der Waals surface area contributed by atoms with Crippen molar-refractivity contribution >= 4 is 12.2 Å². The molecular formula is C16H20N2OS. The Labute approximate surface area is 124 Å². The molecule has 0 amide bonds. The molecule has 4 heteroatoms. The minimum atomic E-state index is -0.0995. The minimum Gasteiger partial charge on any atom is -0.336 e. The summed E-state index contributed by atoms with van der Waals surface area (Å²) in [6.45, 7) is 6.31. The summed E-state index contributed by atoms with van der Waals surface area (Å²) >= 11 is 4.96. The molecule has 1 heterocycles. The van der Waals surface area contributed by atoms with Crippen molar-refractivity contribution in [1.82, 2.24) is 9.97 Å². The molecule has 0 spiro atoms. The zero-order chi connectivity index (χ0) is 14.7. The summed E-state index contributed by atoms with van der Waals surface area (Å²) in [6.07, 6.45) is 1.70. The summed E-state index contributed by atoms with van der Waals surface area (Å²) in [7, 11) is 0. The van der Waals surface area contributed by atoms with Crippen LogP contribution in [0.4, 0.5) is 0 Å². The summed E-state index contributed by atoms with van der Waals surface area (Å²) in [5, 5.41) is 0. The van der Waals surface area contributed by atoms with Crippen LogP contribution in [0.15, 0.2) is 29.1 Å². The largest absolute Gasteiger partial charge is 0.336 e. The summed E-state index contributed by atoms with van der Waals surface area (Å²) < 4.78 is 0.378. The van der Waals surface area contributed by atoms with E-state index in [0.29, 0.717) is 17.1 Å². The number of nitrogens with one attached hydrogen (secondary N) is 2. The normalized spacial score (nSPS) is 11.0. The van der Waals surface area contributed by atoms with Gasteiger partial charge < -0.3 is 4.98 Å². The highest BCUT2D eigenvalue weighted by molar-refractivity contribution is 7.71. The number of H-pyrrole nitrogens is 2. The van der Waals surface area contributed by atoms with Gasteiger partial charge in [0.25, 0.3) is 5.56 Å². The molecule has 0 atom stereocenters. The van der Waals surface area contributed by atoms with Crippen molar-refractivity contribution in [3.8, 4) is 0 Å². The van der Waals surface area contributed by atoms with Crippen LogP contribution in [0, 0.1) is 17.6 Å². The zero-order valence-electron chi connectivity index (χ0n) is 12.1. The summed E-state index contributed by atoms with van der Waals surface area (Å²) in [5.74, 6) is 0.653. The second-order valence-corrected chi connectivity index (χ2v) is 6.01. The van der Waals surface area contributed by atoms with Crippen LogP contribution in [-0.4, -0.2) is 9.97 Å². The van der Waals surface area contributed by atoms with Gasteiger partial charge in [-0.1, -0.05) is 38.1 Å². The molecule has 1 aromatic heterocycles. The lowest BCUT2D eigenvalue weighted by Gasteiger charge is -2.08. The second kappa shape index (κ2) is 6.18. The number of rotatable bonds is 4. The third-order valence-corrected chi connectivity index (χ3v) is 3.51. The first-order valence-corrected chi connectivity index (χ1v) is 7.26. The van der Waals surface area contributed by atoms with E-state index >= 15 is 0 Å². The predicted octanol–water partition coefficient (Wildman–Crippen LogP) is 3.53. The third-order valence-electron chi connectivity index (χ3n) is 3.30. The molecule has 2 rings (SSSR count). The fraction of sp³-hybridized carbons (Fsp3) is 0.375. The average Bonchev–Trinajstić information content (AvgIpc) is 2.35. The molecule has 0 saturated carbocycles. The van der Waals surface area contributed by atoms with Gasteiger partial charge in [-0.3, -0.25) is 9.78 Å². The summed E-state index contributed by atoms with van der Waals surface area (Å²) in [6, 6.07) is 8.48. The molecule has 0 radical (unpaired) electrons. The van der Waals surface area contributed by atoms with Crippen molar-refractivity contribution in [2.45, 2.75) is 33.6 Å². The fourth-order valence-electron chi connectivity index (χ4n) is 2.31. The van der Waals surface area contributed by atoms with Gasteiger partial charge in [-0.25, -0.2) is 0 Å². The van der Waals surface area contributed by atoms with Gasteiger partial charge in [-0.15, -0.1) is 0 Å². The first kappa shape index (κ1) is 14.7. The molecule has 0 unspecified atom stereocenters. The maximum atomic E-state index is 11.9. The van der Waals surface area contributed by atoms with Crippen LogP contribution in [0.25, 0.3) is 0 Å². The molecule has 0 aliphatic heterocycles. The highest BCUT2D eigenvalue weighted by Crippen LogP contribution is 2.12. The van der Waals surface area contributed by atoms with Gasteiger partial charge in [0, 0.05) is 17.7 Å². The van der Waals surface area contributed by atoms with Gasteiger partial charge in [0.05, 0.1) is 0 Å². The first-order valence-electron chi connectivity index (χ1n) is 6.85. The van der Waals surface area contributed by atoms with Crippen LogP contribution < -0.4 is 5.56 Å². The van der Waals surface area contributed by atoms with Crippen molar-refractivity contribution in [2.75, 3.05) is 0 Å². The number of aromatic amines is 2. The number of aryl methyl sites for hydroxylation is 1. The molecule has 0 bridgehead atoms. The molecule has 3 nitrogen and oxygen atoms in total. The number of hydrogen-bond acceptors (Lipinski definition) is 2. The average molecular weight is 288 g/mol. The van der Waals surface area contributed by atoms with E-state index in [4.69, 9.17) is 12.2 Å². The summed E-state index contributed by atoms with van der Waals surface area (Å²) in [5.41, 5.74) is 3.95. The van der Waals surface area contributed by atoms with Crippen LogP contribution in [0.5, 0.6) is 0 Å². The topological polar surface area (TPSA) is 48.6 Å². The van der Waals surface area contributed by atoms with Gasteiger partial charge in [-0.05, 0) is 42.6 Å². The molecular weight excluding hydrogens is 268 g/mol. The van der Waals surface area contributed by atoms with E-state index in [1.54, 1.807) is 0 Å². The van der Waals surface area contributed by atoms with E-state index in [2.05, 4.69) is 48.1 Å². The SMILES string of the molecule is Cc1[nH]c(=S)[nH]c(=O)c1Cc1ccc(CC(C)C)cc1. The summed E-state index contributed by atoms with van der Waals surface area (Å²) in [4.78, 5) is 17.6. The van der Waals surface area contributed by atoms with Crippen LogP contribution in [0.3, 0.4) is 0 Å². The molecule has 106 valence electrons. The molecule has 0 aliphatic rings. The monoisotopic (exact) mass is 288 g/mol. The number of benzene rings is 1. The lowest BCUT2D eigenvalue weighted by Crippen LogP contribution is -2.16.